The van der Waals surface area contributed by atoms with Gasteiger partial charge in [-0.05, 0) is 12.3 Å². The van der Waals surface area contributed by atoms with E-state index in [-0.39, 0.29) is 6.04 Å². The summed E-state index contributed by atoms with van der Waals surface area (Å²) in [5.41, 5.74) is 9.41. The van der Waals surface area contributed by atoms with Crippen molar-refractivity contribution in [3.8, 4) is 11.3 Å². The Labute approximate surface area is 108 Å². The van der Waals surface area contributed by atoms with Crippen molar-refractivity contribution in [2.75, 3.05) is 0 Å². The Bertz CT molecular complexity index is 500. The summed E-state index contributed by atoms with van der Waals surface area (Å²) in [4.78, 5) is 8.09. The van der Waals surface area contributed by atoms with Crippen LogP contribution >= 0.6 is 0 Å². The summed E-state index contributed by atoms with van der Waals surface area (Å²) in [6, 6.07) is 10.2. The van der Waals surface area contributed by atoms with Gasteiger partial charge in [0.2, 0.25) is 0 Å². The predicted octanol–water partition coefficient (Wildman–Crippen LogP) is 3.61. The first-order chi connectivity index (χ1) is 8.63. The number of aromatic amines is 1. The van der Waals surface area contributed by atoms with Crippen LogP contribution in [0.5, 0.6) is 0 Å². The molecule has 0 spiro atoms. The molecule has 1 aromatic carbocycles. The SMILES string of the molecule is CCC(N)c1nc(-c2ccccc2)c(C(C)C)[nH]1. The monoisotopic (exact) mass is 243 g/mol. The molecule has 0 aliphatic carbocycles. The van der Waals surface area contributed by atoms with Crippen LogP contribution in [0.3, 0.4) is 0 Å². The van der Waals surface area contributed by atoms with E-state index in [0.29, 0.717) is 5.92 Å². The first kappa shape index (κ1) is 12.8. The van der Waals surface area contributed by atoms with Crippen LogP contribution in [0.1, 0.15) is 50.7 Å². The van der Waals surface area contributed by atoms with E-state index in [1.54, 1.807) is 0 Å². The molecule has 96 valence electrons. The van der Waals surface area contributed by atoms with E-state index in [1.165, 1.54) is 5.69 Å². The molecule has 3 heteroatoms. The topological polar surface area (TPSA) is 54.7 Å². The summed E-state index contributed by atoms with van der Waals surface area (Å²) >= 11 is 0. The van der Waals surface area contributed by atoms with Gasteiger partial charge in [0.05, 0.1) is 11.7 Å². The number of imidazole rings is 1. The molecule has 0 aliphatic rings. The van der Waals surface area contributed by atoms with Gasteiger partial charge in [-0.1, -0.05) is 51.1 Å². The molecular formula is C15H21N3. The minimum absolute atomic E-state index is 0.0139. The average Bonchev–Trinajstić information content (AvgIpc) is 2.84. The lowest BCUT2D eigenvalue weighted by molar-refractivity contribution is 0.654. The lowest BCUT2D eigenvalue weighted by Gasteiger charge is -2.05. The molecule has 2 rings (SSSR count). The number of benzene rings is 1. The molecule has 0 bridgehead atoms. The van der Waals surface area contributed by atoms with Gasteiger partial charge in [-0.2, -0.15) is 0 Å². The molecule has 0 saturated heterocycles. The molecule has 1 heterocycles. The molecule has 1 atom stereocenters. The number of H-pyrrole nitrogens is 1. The van der Waals surface area contributed by atoms with E-state index in [0.717, 1.165) is 23.5 Å². The summed E-state index contributed by atoms with van der Waals surface area (Å²) in [6.45, 7) is 6.41. The molecule has 2 aromatic rings. The van der Waals surface area contributed by atoms with Gasteiger partial charge in [0, 0.05) is 11.3 Å². The van der Waals surface area contributed by atoms with Crippen molar-refractivity contribution in [3.05, 3.63) is 41.9 Å². The van der Waals surface area contributed by atoms with Crippen LogP contribution < -0.4 is 5.73 Å². The second kappa shape index (κ2) is 5.36. The summed E-state index contributed by atoms with van der Waals surface area (Å²) in [6.07, 6.45) is 0.888. The highest BCUT2D eigenvalue weighted by Gasteiger charge is 2.17. The molecular weight excluding hydrogens is 222 g/mol. The Kier molecular flexibility index (Phi) is 3.82. The molecule has 0 saturated carbocycles. The number of rotatable bonds is 4. The zero-order valence-corrected chi connectivity index (χ0v) is 11.3. The third-order valence-corrected chi connectivity index (χ3v) is 3.17. The fourth-order valence-corrected chi connectivity index (χ4v) is 2.01. The molecule has 0 radical (unpaired) electrons. The summed E-state index contributed by atoms with van der Waals surface area (Å²) in [5, 5.41) is 0. The van der Waals surface area contributed by atoms with Crippen molar-refractivity contribution in [1.82, 2.24) is 9.97 Å². The van der Waals surface area contributed by atoms with Crippen LogP contribution in [0.15, 0.2) is 30.3 Å². The zero-order valence-electron chi connectivity index (χ0n) is 11.3. The smallest absolute Gasteiger partial charge is 0.123 e. The summed E-state index contributed by atoms with van der Waals surface area (Å²) in [7, 11) is 0. The standard InChI is InChI=1S/C15H21N3/c1-4-12(16)15-17-13(10(2)3)14(18-15)11-8-6-5-7-9-11/h5-10,12H,4,16H2,1-3H3,(H,17,18). The van der Waals surface area contributed by atoms with Gasteiger partial charge in [0.25, 0.3) is 0 Å². The van der Waals surface area contributed by atoms with Gasteiger partial charge >= 0.3 is 0 Å². The van der Waals surface area contributed by atoms with Crippen LogP contribution in [-0.4, -0.2) is 9.97 Å². The molecule has 3 nitrogen and oxygen atoms in total. The van der Waals surface area contributed by atoms with E-state index in [1.807, 2.05) is 18.2 Å². The molecule has 18 heavy (non-hydrogen) atoms. The second-order valence-electron chi connectivity index (χ2n) is 4.92. The molecule has 3 N–H and O–H groups in total. The van der Waals surface area contributed by atoms with Crippen molar-refractivity contribution >= 4 is 0 Å². The molecule has 1 aromatic heterocycles. The molecule has 0 fully saturated rings. The van der Waals surface area contributed by atoms with Crippen LogP contribution in [0.25, 0.3) is 11.3 Å². The highest BCUT2D eigenvalue weighted by atomic mass is 15.0. The predicted molar refractivity (Wildman–Crippen MR) is 75.3 cm³/mol. The van der Waals surface area contributed by atoms with Crippen molar-refractivity contribution in [2.24, 2.45) is 5.73 Å². The van der Waals surface area contributed by atoms with Crippen molar-refractivity contribution in [2.45, 2.75) is 39.2 Å². The number of nitrogens with zero attached hydrogens (tertiary/aromatic N) is 1. The maximum absolute atomic E-state index is 6.06. The first-order valence-electron chi connectivity index (χ1n) is 6.54. The van der Waals surface area contributed by atoms with Gasteiger partial charge < -0.3 is 10.7 Å². The maximum atomic E-state index is 6.06. The lowest BCUT2D eigenvalue weighted by atomic mass is 10.0. The van der Waals surface area contributed by atoms with Crippen LogP contribution in [-0.2, 0) is 0 Å². The zero-order chi connectivity index (χ0) is 13.1. The van der Waals surface area contributed by atoms with Gasteiger partial charge in [-0.3, -0.25) is 0 Å². The Balaban J connectivity index is 2.49. The summed E-state index contributed by atoms with van der Waals surface area (Å²) in [5.74, 6) is 1.30. The average molecular weight is 243 g/mol. The Morgan fingerprint density at radius 2 is 1.89 bits per heavy atom. The first-order valence-corrected chi connectivity index (χ1v) is 6.54. The molecule has 1 unspecified atom stereocenters. The van der Waals surface area contributed by atoms with Gasteiger partial charge in [0.1, 0.15) is 5.82 Å². The number of hydrogen-bond donors (Lipinski definition) is 2. The third kappa shape index (κ3) is 2.46. The number of nitrogens with two attached hydrogens (primary N) is 1. The summed E-state index contributed by atoms with van der Waals surface area (Å²) < 4.78 is 0. The largest absolute Gasteiger partial charge is 0.344 e. The number of hydrogen-bond acceptors (Lipinski definition) is 2. The minimum atomic E-state index is -0.0139. The maximum Gasteiger partial charge on any atom is 0.123 e. The highest BCUT2D eigenvalue weighted by Crippen LogP contribution is 2.28. The van der Waals surface area contributed by atoms with E-state index in [9.17, 15) is 0 Å². The van der Waals surface area contributed by atoms with Gasteiger partial charge in [-0.15, -0.1) is 0 Å². The van der Waals surface area contributed by atoms with E-state index in [4.69, 9.17) is 10.7 Å². The third-order valence-electron chi connectivity index (χ3n) is 3.17. The van der Waals surface area contributed by atoms with Gasteiger partial charge in [-0.25, -0.2) is 4.98 Å². The lowest BCUT2D eigenvalue weighted by Crippen LogP contribution is -2.10. The number of aromatic nitrogens is 2. The van der Waals surface area contributed by atoms with Crippen LogP contribution in [0.4, 0.5) is 0 Å². The minimum Gasteiger partial charge on any atom is -0.344 e. The Morgan fingerprint density at radius 3 is 2.44 bits per heavy atom. The highest BCUT2D eigenvalue weighted by molar-refractivity contribution is 5.62. The van der Waals surface area contributed by atoms with Gasteiger partial charge in [0.15, 0.2) is 0 Å². The number of nitrogens with one attached hydrogen (secondary N) is 1. The fraction of sp³-hybridized carbons (Fsp3) is 0.400. The quantitative estimate of drug-likeness (QED) is 0.861. The van der Waals surface area contributed by atoms with Crippen molar-refractivity contribution in [1.29, 1.82) is 0 Å². The Morgan fingerprint density at radius 1 is 1.22 bits per heavy atom. The Hall–Kier alpha value is -1.61. The molecule has 0 amide bonds. The fourth-order valence-electron chi connectivity index (χ4n) is 2.01. The molecule has 0 aliphatic heterocycles. The van der Waals surface area contributed by atoms with Crippen LogP contribution in [0.2, 0.25) is 0 Å². The van der Waals surface area contributed by atoms with E-state index >= 15 is 0 Å². The second-order valence-corrected chi connectivity index (χ2v) is 4.92. The van der Waals surface area contributed by atoms with E-state index < -0.39 is 0 Å². The van der Waals surface area contributed by atoms with Crippen molar-refractivity contribution < 1.29 is 0 Å². The normalized spacial score (nSPS) is 12.9. The van der Waals surface area contributed by atoms with E-state index in [2.05, 4.69) is 37.9 Å². The van der Waals surface area contributed by atoms with Crippen molar-refractivity contribution in [3.63, 3.8) is 0 Å². The van der Waals surface area contributed by atoms with Crippen LogP contribution in [0, 0.1) is 0 Å².